The molecule has 0 bridgehead atoms. The number of carbonyl (C=O) groups excluding carboxylic acids is 1. The molecule has 98 valence electrons. The van der Waals surface area contributed by atoms with Crippen molar-refractivity contribution in [2.75, 3.05) is 6.54 Å². The van der Waals surface area contributed by atoms with Crippen molar-refractivity contribution < 1.29 is 14.7 Å². The van der Waals surface area contributed by atoms with Crippen LogP contribution in [0.15, 0.2) is 0 Å². The minimum Gasteiger partial charge on any atom is -0.481 e. The van der Waals surface area contributed by atoms with Crippen LogP contribution in [0.1, 0.15) is 51.9 Å². The van der Waals surface area contributed by atoms with Gasteiger partial charge in [-0.3, -0.25) is 9.59 Å². The molecule has 0 spiro atoms. The molecule has 1 atom stereocenters. The highest BCUT2D eigenvalue weighted by Crippen LogP contribution is 2.27. The Morgan fingerprint density at radius 1 is 1.35 bits per heavy atom. The van der Waals surface area contributed by atoms with Crippen molar-refractivity contribution in [1.29, 1.82) is 0 Å². The van der Waals surface area contributed by atoms with Crippen LogP contribution in [0.2, 0.25) is 0 Å². The van der Waals surface area contributed by atoms with Crippen molar-refractivity contribution in [3.05, 3.63) is 0 Å². The van der Waals surface area contributed by atoms with Crippen molar-refractivity contribution in [1.82, 2.24) is 5.32 Å². The zero-order valence-corrected chi connectivity index (χ0v) is 10.6. The molecule has 1 aliphatic carbocycles. The van der Waals surface area contributed by atoms with Crippen LogP contribution in [-0.4, -0.2) is 23.5 Å². The Morgan fingerprint density at radius 3 is 2.53 bits per heavy atom. The Morgan fingerprint density at radius 2 is 2.00 bits per heavy atom. The maximum atomic E-state index is 11.6. The van der Waals surface area contributed by atoms with E-state index >= 15 is 0 Å². The largest absolute Gasteiger partial charge is 0.481 e. The number of carbonyl (C=O) groups is 2. The second-order valence-electron chi connectivity index (χ2n) is 4.98. The highest BCUT2D eigenvalue weighted by Gasteiger charge is 2.20. The van der Waals surface area contributed by atoms with Crippen molar-refractivity contribution in [3.63, 3.8) is 0 Å². The number of amides is 1. The van der Waals surface area contributed by atoms with E-state index in [0.29, 0.717) is 18.8 Å². The summed E-state index contributed by atoms with van der Waals surface area (Å²) in [5, 5.41) is 11.7. The van der Waals surface area contributed by atoms with E-state index < -0.39 is 11.9 Å². The fourth-order valence-electron chi connectivity index (χ4n) is 2.45. The van der Waals surface area contributed by atoms with Gasteiger partial charge in [-0.25, -0.2) is 0 Å². The van der Waals surface area contributed by atoms with Crippen LogP contribution < -0.4 is 5.32 Å². The van der Waals surface area contributed by atoms with Crippen molar-refractivity contribution in [2.24, 2.45) is 11.8 Å². The molecule has 1 amide bonds. The molecule has 0 saturated heterocycles. The van der Waals surface area contributed by atoms with Gasteiger partial charge in [-0.2, -0.15) is 0 Å². The minimum atomic E-state index is -0.812. The highest BCUT2D eigenvalue weighted by atomic mass is 16.4. The van der Waals surface area contributed by atoms with Crippen LogP contribution in [0.5, 0.6) is 0 Å². The first-order chi connectivity index (χ1) is 8.13. The predicted molar refractivity (Wildman–Crippen MR) is 65.6 cm³/mol. The van der Waals surface area contributed by atoms with Gasteiger partial charge in [-0.05, 0) is 25.2 Å². The summed E-state index contributed by atoms with van der Waals surface area (Å²) in [7, 11) is 0. The van der Waals surface area contributed by atoms with Crippen molar-refractivity contribution in [2.45, 2.75) is 51.9 Å². The molecule has 1 fully saturated rings. The predicted octanol–water partition coefficient (Wildman–Crippen LogP) is 2.18. The summed E-state index contributed by atoms with van der Waals surface area (Å²) < 4.78 is 0. The Kier molecular flexibility index (Phi) is 6.01. The lowest BCUT2D eigenvalue weighted by molar-refractivity contribution is -0.141. The zero-order chi connectivity index (χ0) is 12.7. The quantitative estimate of drug-likeness (QED) is 0.718. The number of hydrogen-bond donors (Lipinski definition) is 2. The van der Waals surface area contributed by atoms with E-state index in [9.17, 15) is 9.59 Å². The lowest BCUT2D eigenvalue weighted by Crippen LogP contribution is -2.33. The fraction of sp³-hybridized carbons (Fsp3) is 0.846. The fourth-order valence-corrected chi connectivity index (χ4v) is 2.45. The molecule has 1 unspecified atom stereocenters. The Balaban J connectivity index is 2.22. The molecule has 1 saturated carbocycles. The molecule has 0 aromatic heterocycles. The SMILES string of the molecule is CCCC(CNC(=O)CC1CCCC1)C(=O)O. The topological polar surface area (TPSA) is 66.4 Å². The van der Waals surface area contributed by atoms with Crippen LogP contribution in [0.3, 0.4) is 0 Å². The Labute approximate surface area is 103 Å². The zero-order valence-electron chi connectivity index (χ0n) is 10.6. The van der Waals surface area contributed by atoms with E-state index in [0.717, 1.165) is 19.3 Å². The van der Waals surface area contributed by atoms with Gasteiger partial charge in [0.25, 0.3) is 0 Å². The van der Waals surface area contributed by atoms with Crippen LogP contribution in [0.4, 0.5) is 0 Å². The summed E-state index contributed by atoms with van der Waals surface area (Å²) in [6.45, 7) is 2.23. The number of hydrogen-bond acceptors (Lipinski definition) is 2. The van der Waals surface area contributed by atoms with Crippen molar-refractivity contribution >= 4 is 11.9 Å². The third kappa shape index (κ3) is 5.20. The lowest BCUT2D eigenvalue weighted by atomic mass is 10.0. The summed E-state index contributed by atoms with van der Waals surface area (Å²) in [5.41, 5.74) is 0. The molecule has 4 heteroatoms. The number of carboxylic acid groups (broad SMARTS) is 1. The molecule has 1 rings (SSSR count). The van der Waals surface area contributed by atoms with Crippen LogP contribution >= 0.6 is 0 Å². The molecule has 0 aliphatic heterocycles. The summed E-state index contributed by atoms with van der Waals surface area (Å²) in [6, 6.07) is 0. The summed E-state index contributed by atoms with van der Waals surface area (Å²) in [5.74, 6) is -0.718. The minimum absolute atomic E-state index is 0.0132. The van der Waals surface area contributed by atoms with Crippen LogP contribution in [0, 0.1) is 11.8 Å². The molecule has 1 aliphatic rings. The molecule has 2 N–H and O–H groups in total. The summed E-state index contributed by atoms with van der Waals surface area (Å²) in [4.78, 5) is 22.5. The normalized spacial score (nSPS) is 17.9. The smallest absolute Gasteiger partial charge is 0.308 e. The van der Waals surface area contributed by atoms with E-state index in [4.69, 9.17) is 5.11 Å². The average Bonchev–Trinajstić information content (AvgIpc) is 2.76. The first-order valence-corrected chi connectivity index (χ1v) is 6.63. The Hall–Kier alpha value is -1.06. The lowest BCUT2D eigenvalue weighted by Gasteiger charge is -2.14. The third-order valence-corrected chi connectivity index (χ3v) is 3.48. The molecule has 0 aromatic rings. The van der Waals surface area contributed by atoms with Gasteiger partial charge in [0.15, 0.2) is 0 Å². The van der Waals surface area contributed by atoms with Gasteiger partial charge in [0.05, 0.1) is 5.92 Å². The number of nitrogens with one attached hydrogen (secondary N) is 1. The first kappa shape index (κ1) is 14.0. The maximum absolute atomic E-state index is 11.6. The molecular formula is C13H23NO3. The molecule has 4 nitrogen and oxygen atoms in total. The van der Waals surface area contributed by atoms with Gasteiger partial charge in [0.1, 0.15) is 0 Å². The number of rotatable bonds is 7. The van der Waals surface area contributed by atoms with E-state index in [1.165, 1.54) is 12.8 Å². The maximum Gasteiger partial charge on any atom is 0.308 e. The Bertz CT molecular complexity index is 259. The van der Waals surface area contributed by atoms with Crippen LogP contribution in [0.25, 0.3) is 0 Å². The molecular weight excluding hydrogens is 218 g/mol. The van der Waals surface area contributed by atoms with Gasteiger partial charge in [0, 0.05) is 13.0 Å². The van der Waals surface area contributed by atoms with E-state index in [2.05, 4.69) is 5.32 Å². The molecule has 0 aromatic carbocycles. The van der Waals surface area contributed by atoms with Gasteiger partial charge < -0.3 is 10.4 Å². The van der Waals surface area contributed by atoms with Gasteiger partial charge in [0.2, 0.25) is 5.91 Å². The average molecular weight is 241 g/mol. The third-order valence-electron chi connectivity index (χ3n) is 3.48. The monoisotopic (exact) mass is 241 g/mol. The van der Waals surface area contributed by atoms with E-state index in [1.807, 2.05) is 6.92 Å². The standard InChI is InChI=1S/C13H23NO3/c1-2-5-11(13(16)17)9-14-12(15)8-10-6-3-4-7-10/h10-11H,2-9H2,1H3,(H,14,15)(H,16,17). The van der Waals surface area contributed by atoms with Gasteiger partial charge in [-0.1, -0.05) is 26.2 Å². The first-order valence-electron chi connectivity index (χ1n) is 6.63. The summed E-state index contributed by atoms with van der Waals surface area (Å²) >= 11 is 0. The van der Waals surface area contributed by atoms with E-state index in [1.54, 1.807) is 0 Å². The second kappa shape index (κ2) is 7.30. The molecule has 0 heterocycles. The molecule has 17 heavy (non-hydrogen) atoms. The van der Waals surface area contributed by atoms with Gasteiger partial charge in [-0.15, -0.1) is 0 Å². The van der Waals surface area contributed by atoms with Gasteiger partial charge >= 0.3 is 5.97 Å². The highest BCUT2D eigenvalue weighted by molar-refractivity contribution is 5.77. The number of carboxylic acids is 1. The van der Waals surface area contributed by atoms with Crippen molar-refractivity contribution in [3.8, 4) is 0 Å². The second-order valence-corrected chi connectivity index (χ2v) is 4.98. The van der Waals surface area contributed by atoms with E-state index in [-0.39, 0.29) is 12.5 Å². The summed E-state index contributed by atoms with van der Waals surface area (Å²) in [6.07, 6.45) is 6.76. The van der Waals surface area contributed by atoms with Crippen LogP contribution in [-0.2, 0) is 9.59 Å². The molecule has 0 radical (unpaired) electrons. The number of aliphatic carboxylic acids is 1.